The second kappa shape index (κ2) is 9.10. The van der Waals surface area contributed by atoms with Gasteiger partial charge in [0.05, 0.1) is 25.2 Å². The number of carboxylic acids is 1. The largest absolute Gasteiger partial charge is 0.481 e. The van der Waals surface area contributed by atoms with Crippen LogP contribution in [0.15, 0.2) is 0 Å². The van der Waals surface area contributed by atoms with E-state index < -0.39 is 11.9 Å². The monoisotopic (exact) mass is 313 g/mol. The first kappa shape index (κ1) is 17.2. The predicted molar refractivity (Wildman–Crippen MR) is 80.6 cm³/mol. The van der Waals surface area contributed by atoms with Crippen LogP contribution in [0.1, 0.15) is 51.4 Å². The molecule has 0 aromatic carbocycles. The van der Waals surface area contributed by atoms with Crippen LogP contribution in [0, 0.1) is 5.92 Å². The van der Waals surface area contributed by atoms with Crippen LogP contribution in [0.25, 0.3) is 0 Å². The second-order valence-electron chi connectivity index (χ2n) is 6.22. The topological polar surface area (TPSA) is 84.9 Å². The first-order valence-corrected chi connectivity index (χ1v) is 8.38. The Morgan fingerprint density at radius 3 is 2.68 bits per heavy atom. The van der Waals surface area contributed by atoms with Gasteiger partial charge in [-0.2, -0.15) is 0 Å². The molecule has 0 aromatic rings. The molecule has 2 N–H and O–H groups in total. The first-order chi connectivity index (χ1) is 10.7. The third-order valence-electron chi connectivity index (χ3n) is 4.48. The van der Waals surface area contributed by atoms with Crippen molar-refractivity contribution in [1.82, 2.24) is 5.32 Å². The van der Waals surface area contributed by atoms with E-state index in [1.807, 2.05) is 0 Å². The van der Waals surface area contributed by atoms with E-state index in [0.717, 1.165) is 45.1 Å². The predicted octanol–water partition coefficient (Wildman–Crippen LogP) is 1.72. The highest BCUT2D eigenvalue weighted by Crippen LogP contribution is 2.24. The summed E-state index contributed by atoms with van der Waals surface area (Å²) in [7, 11) is 0. The van der Waals surface area contributed by atoms with Gasteiger partial charge in [0.2, 0.25) is 5.91 Å². The summed E-state index contributed by atoms with van der Waals surface area (Å²) in [6, 6.07) is -0.245. The Morgan fingerprint density at radius 1 is 1.14 bits per heavy atom. The molecule has 2 fully saturated rings. The molecule has 1 saturated carbocycles. The molecule has 1 heterocycles. The summed E-state index contributed by atoms with van der Waals surface area (Å²) in [6.07, 6.45) is 6.88. The van der Waals surface area contributed by atoms with E-state index in [1.165, 1.54) is 0 Å². The number of hydrogen-bond acceptors (Lipinski definition) is 4. The van der Waals surface area contributed by atoms with E-state index in [9.17, 15) is 14.7 Å². The number of amides is 1. The number of aliphatic carboxylic acids is 1. The van der Waals surface area contributed by atoms with Crippen LogP contribution in [-0.4, -0.2) is 48.9 Å². The summed E-state index contributed by atoms with van der Waals surface area (Å²) < 4.78 is 10.9. The molecule has 1 aliphatic carbocycles. The number of carboxylic acid groups (broad SMARTS) is 1. The average Bonchev–Trinajstić information content (AvgIpc) is 2.89. The van der Waals surface area contributed by atoms with Crippen molar-refractivity contribution in [2.45, 2.75) is 63.5 Å². The molecule has 126 valence electrons. The lowest BCUT2D eigenvalue weighted by Gasteiger charge is -2.23. The van der Waals surface area contributed by atoms with Crippen LogP contribution >= 0.6 is 0 Å². The van der Waals surface area contributed by atoms with Gasteiger partial charge in [-0.15, -0.1) is 0 Å². The zero-order valence-electron chi connectivity index (χ0n) is 13.1. The van der Waals surface area contributed by atoms with Crippen LogP contribution in [-0.2, 0) is 19.1 Å². The number of carbonyl (C=O) groups excluding carboxylic acids is 1. The van der Waals surface area contributed by atoms with Crippen molar-refractivity contribution in [3.8, 4) is 0 Å². The molecule has 1 amide bonds. The molecule has 0 bridgehead atoms. The highest BCUT2D eigenvalue weighted by molar-refractivity contribution is 5.78. The molecular weight excluding hydrogens is 286 g/mol. The van der Waals surface area contributed by atoms with Crippen LogP contribution < -0.4 is 5.32 Å². The van der Waals surface area contributed by atoms with Gasteiger partial charge in [-0.3, -0.25) is 9.59 Å². The van der Waals surface area contributed by atoms with Crippen LogP contribution in [0.4, 0.5) is 0 Å². The summed E-state index contributed by atoms with van der Waals surface area (Å²) in [4.78, 5) is 23.3. The summed E-state index contributed by atoms with van der Waals surface area (Å²) in [5.74, 6) is -1.38. The zero-order valence-corrected chi connectivity index (χ0v) is 13.1. The van der Waals surface area contributed by atoms with Crippen molar-refractivity contribution >= 4 is 11.9 Å². The fourth-order valence-corrected chi connectivity index (χ4v) is 3.21. The SMILES string of the molecule is O=C(CCOC[C@@H]1CCCO1)N[C@@H]1CCCCC[C@@H]1C(=O)O. The summed E-state index contributed by atoms with van der Waals surface area (Å²) in [6.45, 7) is 1.69. The highest BCUT2D eigenvalue weighted by atomic mass is 16.5. The van der Waals surface area contributed by atoms with Crippen molar-refractivity contribution in [2.75, 3.05) is 19.8 Å². The number of rotatable bonds is 7. The van der Waals surface area contributed by atoms with Crippen LogP contribution in [0.3, 0.4) is 0 Å². The minimum absolute atomic E-state index is 0.120. The van der Waals surface area contributed by atoms with Gasteiger partial charge < -0.3 is 19.9 Å². The molecule has 6 heteroatoms. The molecule has 0 aromatic heterocycles. The quantitative estimate of drug-likeness (QED) is 0.552. The summed E-state index contributed by atoms with van der Waals surface area (Å²) >= 11 is 0. The van der Waals surface area contributed by atoms with Crippen molar-refractivity contribution in [1.29, 1.82) is 0 Å². The molecule has 2 aliphatic rings. The van der Waals surface area contributed by atoms with E-state index in [1.54, 1.807) is 0 Å². The molecule has 0 spiro atoms. The van der Waals surface area contributed by atoms with Gasteiger partial charge in [-0.1, -0.05) is 19.3 Å². The molecule has 1 saturated heterocycles. The maximum Gasteiger partial charge on any atom is 0.308 e. The highest BCUT2D eigenvalue weighted by Gasteiger charge is 2.30. The normalized spacial score (nSPS) is 29.0. The Hall–Kier alpha value is -1.14. The lowest BCUT2D eigenvalue weighted by Crippen LogP contribution is -2.43. The second-order valence-corrected chi connectivity index (χ2v) is 6.22. The van der Waals surface area contributed by atoms with Gasteiger partial charge >= 0.3 is 5.97 Å². The van der Waals surface area contributed by atoms with Crippen molar-refractivity contribution in [3.63, 3.8) is 0 Å². The van der Waals surface area contributed by atoms with E-state index >= 15 is 0 Å². The molecule has 2 rings (SSSR count). The van der Waals surface area contributed by atoms with Crippen molar-refractivity contribution in [3.05, 3.63) is 0 Å². The fraction of sp³-hybridized carbons (Fsp3) is 0.875. The van der Waals surface area contributed by atoms with Crippen molar-refractivity contribution in [2.24, 2.45) is 5.92 Å². The molecule has 3 atom stereocenters. The lowest BCUT2D eigenvalue weighted by atomic mass is 9.95. The Kier molecular flexibility index (Phi) is 7.12. The Morgan fingerprint density at radius 2 is 1.95 bits per heavy atom. The zero-order chi connectivity index (χ0) is 15.8. The first-order valence-electron chi connectivity index (χ1n) is 8.38. The molecule has 6 nitrogen and oxygen atoms in total. The third-order valence-corrected chi connectivity index (χ3v) is 4.48. The maximum atomic E-state index is 12.0. The standard InChI is InChI=1S/C16H27NO5/c18-15(8-10-21-11-12-5-4-9-22-12)17-14-7-3-1-2-6-13(14)16(19)20/h12-14H,1-11H2,(H,17,18)(H,19,20)/t12-,13-,14+/m0/s1. The van der Waals surface area contributed by atoms with Gasteiger partial charge in [0, 0.05) is 19.1 Å². The van der Waals surface area contributed by atoms with Crippen LogP contribution in [0.5, 0.6) is 0 Å². The Labute approximate surface area is 131 Å². The van der Waals surface area contributed by atoms with Gasteiger partial charge in [-0.05, 0) is 25.7 Å². The van der Waals surface area contributed by atoms with Gasteiger partial charge in [0.25, 0.3) is 0 Å². The van der Waals surface area contributed by atoms with E-state index in [2.05, 4.69) is 5.32 Å². The fourth-order valence-electron chi connectivity index (χ4n) is 3.21. The number of ether oxygens (including phenoxy) is 2. The minimum atomic E-state index is -0.804. The van der Waals surface area contributed by atoms with Gasteiger partial charge in [0.1, 0.15) is 0 Å². The maximum absolute atomic E-state index is 12.0. The third kappa shape index (κ3) is 5.57. The van der Waals surface area contributed by atoms with Crippen LogP contribution in [0.2, 0.25) is 0 Å². The summed E-state index contributed by atoms with van der Waals surface area (Å²) in [5.41, 5.74) is 0. The van der Waals surface area contributed by atoms with E-state index in [0.29, 0.717) is 19.6 Å². The minimum Gasteiger partial charge on any atom is -0.481 e. The Balaban J connectivity index is 1.66. The van der Waals surface area contributed by atoms with Gasteiger partial charge in [-0.25, -0.2) is 0 Å². The summed E-state index contributed by atoms with van der Waals surface area (Å²) in [5, 5.41) is 12.2. The molecule has 0 radical (unpaired) electrons. The van der Waals surface area contributed by atoms with E-state index in [4.69, 9.17) is 9.47 Å². The number of nitrogens with one attached hydrogen (secondary N) is 1. The Bertz CT molecular complexity index is 368. The molecular formula is C16H27NO5. The number of carbonyl (C=O) groups is 2. The lowest BCUT2D eigenvalue weighted by molar-refractivity contribution is -0.143. The van der Waals surface area contributed by atoms with Gasteiger partial charge in [0.15, 0.2) is 0 Å². The molecule has 1 aliphatic heterocycles. The van der Waals surface area contributed by atoms with E-state index in [-0.39, 0.29) is 24.5 Å². The smallest absolute Gasteiger partial charge is 0.308 e. The van der Waals surface area contributed by atoms with Crippen molar-refractivity contribution < 1.29 is 24.2 Å². The molecule has 0 unspecified atom stereocenters. The number of hydrogen-bond donors (Lipinski definition) is 2. The average molecular weight is 313 g/mol. The molecule has 22 heavy (non-hydrogen) atoms.